The highest BCUT2D eigenvalue weighted by molar-refractivity contribution is 7.90. The minimum atomic E-state index is -3.40. The van der Waals surface area contributed by atoms with Crippen molar-refractivity contribution in [3.05, 3.63) is 82.4 Å². The number of ether oxygens (including phenoxy) is 1. The SMILES string of the molecule is C=CC[C@@H]1O[C@H](c2cccc(Cl)c2)[C@@H](c2ccc(Cl)cc2)N([C@@H](CC)CN(C)S(=O)(=O)C2CC2)C1=O. The standard InChI is InChI=1S/C27H32Cl2N2O4S/c1-4-7-24-27(32)31(22(5-2)17-30(3)36(33,34)23-14-15-23)25(18-10-12-20(28)13-11-18)26(35-24)19-8-6-9-21(29)16-19/h4,6,8-13,16,22-26H,1,5,7,14-15,17H2,2-3H3/t22-,24-,25+,26+/m0/s1. The van der Waals surface area contributed by atoms with Crippen LogP contribution in [0.2, 0.25) is 10.0 Å². The predicted octanol–water partition coefficient (Wildman–Crippen LogP) is 5.78. The van der Waals surface area contributed by atoms with Gasteiger partial charge in [0.2, 0.25) is 10.0 Å². The summed E-state index contributed by atoms with van der Waals surface area (Å²) in [6.45, 7) is 5.99. The molecule has 1 saturated heterocycles. The summed E-state index contributed by atoms with van der Waals surface area (Å²) in [6.07, 6.45) is 2.69. The number of rotatable bonds is 10. The lowest BCUT2D eigenvalue weighted by atomic mass is 9.89. The van der Waals surface area contributed by atoms with Gasteiger partial charge in [-0.05, 0) is 54.7 Å². The Morgan fingerprint density at radius 1 is 1.14 bits per heavy atom. The van der Waals surface area contributed by atoms with E-state index in [1.54, 1.807) is 31.3 Å². The molecule has 2 aliphatic rings. The molecule has 0 aromatic heterocycles. The maximum atomic E-state index is 13.9. The van der Waals surface area contributed by atoms with Crippen molar-refractivity contribution in [3.8, 4) is 0 Å². The molecule has 1 aliphatic heterocycles. The van der Waals surface area contributed by atoms with Crippen LogP contribution in [0.1, 0.15) is 55.9 Å². The largest absolute Gasteiger partial charge is 0.358 e. The summed E-state index contributed by atoms with van der Waals surface area (Å²) in [5.74, 6) is -0.183. The van der Waals surface area contributed by atoms with Crippen molar-refractivity contribution >= 4 is 39.1 Å². The van der Waals surface area contributed by atoms with Gasteiger partial charge in [0, 0.05) is 36.1 Å². The zero-order valence-corrected chi connectivity index (χ0v) is 22.8. The average molecular weight is 552 g/mol. The van der Waals surface area contributed by atoms with Crippen molar-refractivity contribution in [2.24, 2.45) is 0 Å². The summed E-state index contributed by atoms with van der Waals surface area (Å²) in [4.78, 5) is 15.7. The Morgan fingerprint density at radius 2 is 1.83 bits per heavy atom. The molecule has 4 rings (SSSR count). The number of sulfonamides is 1. The van der Waals surface area contributed by atoms with Gasteiger partial charge in [0.15, 0.2) is 0 Å². The first-order valence-corrected chi connectivity index (χ1v) is 14.5. The van der Waals surface area contributed by atoms with E-state index in [9.17, 15) is 13.2 Å². The summed E-state index contributed by atoms with van der Waals surface area (Å²) in [5, 5.41) is 0.830. The van der Waals surface area contributed by atoms with Gasteiger partial charge < -0.3 is 9.64 Å². The van der Waals surface area contributed by atoms with E-state index in [-0.39, 0.29) is 23.7 Å². The molecule has 9 heteroatoms. The second-order valence-electron chi connectivity index (χ2n) is 9.45. The highest BCUT2D eigenvalue weighted by Gasteiger charge is 2.47. The topological polar surface area (TPSA) is 66.9 Å². The quantitative estimate of drug-likeness (QED) is 0.351. The first-order valence-electron chi connectivity index (χ1n) is 12.2. The van der Waals surface area contributed by atoms with Gasteiger partial charge in [-0.3, -0.25) is 4.79 Å². The van der Waals surface area contributed by atoms with E-state index in [0.717, 1.165) is 11.1 Å². The van der Waals surface area contributed by atoms with Crippen LogP contribution in [0.15, 0.2) is 61.2 Å². The van der Waals surface area contributed by atoms with E-state index < -0.39 is 28.3 Å². The second kappa shape index (κ2) is 11.2. The van der Waals surface area contributed by atoms with Crippen LogP contribution in [0.5, 0.6) is 0 Å². The van der Waals surface area contributed by atoms with E-state index in [2.05, 4.69) is 6.58 Å². The van der Waals surface area contributed by atoms with Gasteiger partial charge in [-0.1, -0.05) is 60.5 Å². The van der Waals surface area contributed by atoms with Crippen molar-refractivity contribution in [2.45, 2.75) is 62.1 Å². The Bertz CT molecular complexity index is 1200. The van der Waals surface area contributed by atoms with E-state index >= 15 is 0 Å². The molecule has 0 unspecified atom stereocenters. The van der Waals surface area contributed by atoms with Gasteiger partial charge in [-0.15, -0.1) is 6.58 Å². The van der Waals surface area contributed by atoms with Gasteiger partial charge in [-0.25, -0.2) is 12.7 Å². The monoisotopic (exact) mass is 550 g/mol. The molecule has 2 aromatic carbocycles. The number of likely N-dealkylation sites (N-methyl/N-ethyl adjacent to an activating group) is 1. The summed E-state index contributed by atoms with van der Waals surface area (Å²) in [6, 6.07) is 13.9. The van der Waals surface area contributed by atoms with Crippen molar-refractivity contribution in [1.29, 1.82) is 0 Å². The molecule has 36 heavy (non-hydrogen) atoms. The number of halogens is 2. The molecule has 0 bridgehead atoms. The molecular formula is C27H32Cl2N2O4S. The lowest BCUT2D eigenvalue weighted by Crippen LogP contribution is -2.57. The van der Waals surface area contributed by atoms with Gasteiger partial charge >= 0.3 is 0 Å². The van der Waals surface area contributed by atoms with Crippen LogP contribution < -0.4 is 0 Å². The Morgan fingerprint density at radius 3 is 2.42 bits per heavy atom. The first kappa shape index (κ1) is 27.1. The maximum absolute atomic E-state index is 13.9. The first-order chi connectivity index (χ1) is 17.2. The molecule has 2 fully saturated rings. The third-order valence-corrected chi connectivity index (χ3v) is 9.73. The number of morpholine rings is 1. The van der Waals surface area contributed by atoms with Crippen molar-refractivity contribution in [2.75, 3.05) is 13.6 Å². The van der Waals surface area contributed by atoms with E-state index in [1.807, 2.05) is 42.2 Å². The number of benzene rings is 2. The van der Waals surface area contributed by atoms with Crippen LogP contribution in [0, 0.1) is 0 Å². The summed E-state index contributed by atoms with van der Waals surface area (Å²) in [7, 11) is -1.79. The van der Waals surface area contributed by atoms with E-state index in [0.29, 0.717) is 35.7 Å². The molecule has 1 saturated carbocycles. The third kappa shape index (κ3) is 5.65. The molecule has 4 atom stereocenters. The fraction of sp³-hybridized carbons (Fsp3) is 0.444. The Kier molecular flexibility index (Phi) is 8.47. The lowest BCUT2D eigenvalue weighted by molar-refractivity contribution is -0.179. The molecule has 1 amide bonds. The fourth-order valence-electron chi connectivity index (χ4n) is 4.85. The van der Waals surface area contributed by atoms with Crippen LogP contribution in [-0.2, 0) is 19.6 Å². The molecule has 0 spiro atoms. The van der Waals surface area contributed by atoms with Crippen LogP contribution in [0.4, 0.5) is 0 Å². The number of amides is 1. The van der Waals surface area contributed by atoms with Gasteiger partial charge in [-0.2, -0.15) is 0 Å². The smallest absolute Gasteiger partial charge is 0.252 e. The predicted molar refractivity (Wildman–Crippen MR) is 144 cm³/mol. The van der Waals surface area contributed by atoms with E-state index in [4.69, 9.17) is 27.9 Å². The highest BCUT2D eigenvalue weighted by atomic mass is 35.5. The molecule has 1 heterocycles. The number of hydrogen-bond donors (Lipinski definition) is 0. The van der Waals surface area contributed by atoms with Crippen molar-refractivity contribution in [1.82, 2.24) is 9.21 Å². The average Bonchev–Trinajstić information content (AvgIpc) is 3.70. The fourth-order valence-corrected chi connectivity index (χ4v) is 6.79. The summed E-state index contributed by atoms with van der Waals surface area (Å²) in [5.41, 5.74) is 1.68. The molecule has 2 aromatic rings. The third-order valence-electron chi connectivity index (χ3n) is 6.91. The second-order valence-corrected chi connectivity index (χ2v) is 12.6. The van der Waals surface area contributed by atoms with Crippen LogP contribution >= 0.6 is 23.2 Å². The molecule has 0 N–H and O–H groups in total. The minimum Gasteiger partial charge on any atom is -0.358 e. The van der Waals surface area contributed by atoms with Gasteiger partial charge in [0.25, 0.3) is 5.91 Å². The number of carbonyl (C=O) groups excluding carboxylic acids is 1. The molecular weight excluding hydrogens is 519 g/mol. The Hall–Kier alpha value is -1.90. The van der Waals surface area contributed by atoms with Crippen LogP contribution in [-0.4, -0.2) is 54.5 Å². The molecule has 0 radical (unpaired) electrons. The number of nitrogens with zero attached hydrogens (tertiary/aromatic N) is 2. The van der Waals surface area contributed by atoms with Gasteiger partial charge in [0.05, 0.1) is 11.3 Å². The molecule has 194 valence electrons. The lowest BCUT2D eigenvalue weighted by Gasteiger charge is -2.48. The van der Waals surface area contributed by atoms with Crippen molar-refractivity contribution < 1.29 is 17.9 Å². The zero-order chi connectivity index (χ0) is 26.0. The number of hydrogen-bond acceptors (Lipinski definition) is 4. The Balaban J connectivity index is 1.80. The number of carbonyl (C=O) groups is 1. The summed E-state index contributed by atoms with van der Waals surface area (Å²) < 4.78 is 33.7. The van der Waals surface area contributed by atoms with Gasteiger partial charge in [0.1, 0.15) is 12.2 Å². The minimum absolute atomic E-state index is 0.183. The van der Waals surface area contributed by atoms with Crippen LogP contribution in [0.3, 0.4) is 0 Å². The molecule has 6 nitrogen and oxygen atoms in total. The summed E-state index contributed by atoms with van der Waals surface area (Å²) >= 11 is 12.5. The normalized spacial score (nSPS) is 23.6. The Labute approximate surface area is 223 Å². The van der Waals surface area contributed by atoms with Crippen molar-refractivity contribution in [3.63, 3.8) is 0 Å². The zero-order valence-electron chi connectivity index (χ0n) is 20.5. The van der Waals surface area contributed by atoms with Crippen LogP contribution in [0.25, 0.3) is 0 Å². The molecule has 1 aliphatic carbocycles. The maximum Gasteiger partial charge on any atom is 0.252 e. The van der Waals surface area contributed by atoms with E-state index in [1.165, 1.54) is 4.31 Å². The highest BCUT2D eigenvalue weighted by Crippen LogP contribution is 2.45.